The predicted octanol–water partition coefficient (Wildman–Crippen LogP) is 2.71. The molecule has 1 atom stereocenters. The van der Waals surface area contributed by atoms with Gasteiger partial charge in [0.05, 0.1) is 23.6 Å². The Hall–Kier alpha value is -1.89. The molecule has 1 fully saturated rings. The molecular formula is C16H15ClN2O3S. The van der Waals surface area contributed by atoms with Crippen LogP contribution in [0.25, 0.3) is 0 Å². The smallest absolute Gasteiger partial charge is 0.264 e. The van der Waals surface area contributed by atoms with Gasteiger partial charge >= 0.3 is 0 Å². The lowest BCUT2D eigenvalue weighted by atomic mass is 10.1. The molecule has 1 aromatic heterocycles. The lowest BCUT2D eigenvalue weighted by Crippen LogP contribution is -2.42. The van der Waals surface area contributed by atoms with Gasteiger partial charge in [-0.25, -0.2) is 0 Å². The molecule has 0 radical (unpaired) electrons. The van der Waals surface area contributed by atoms with Crippen LogP contribution in [-0.2, 0) is 4.74 Å². The van der Waals surface area contributed by atoms with E-state index in [0.717, 1.165) is 5.56 Å². The van der Waals surface area contributed by atoms with Crippen molar-refractivity contribution in [2.24, 2.45) is 5.73 Å². The molecule has 1 saturated heterocycles. The van der Waals surface area contributed by atoms with Crippen molar-refractivity contribution in [2.45, 2.75) is 6.10 Å². The Kier molecular flexibility index (Phi) is 4.66. The van der Waals surface area contributed by atoms with Crippen molar-refractivity contribution in [3.8, 4) is 0 Å². The number of amides is 2. The second kappa shape index (κ2) is 6.70. The Balaban J connectivity index is 1.73. The molecule has 1 aliphatic heterocycles. The van der Waals surface area contributed by atoms with Crippen molar-refractivity contribution in [3.05, 3.63) is 56.7 Å². The first-order valence-corrected chi connectivity index (χ1v) is 8.35. The van der Waals surface area contributed by atoms with Gasteiger partial charge in [0, 0.05) is 16.9 Å². The molecular weight excluding hydrogens is 336 g/mol. The molecule has 0 spiro atoms. The first-order chi connectivity index (χ1) is 11.0. The zero-order valence-corrected chi connectivity index (χ0v) is 13.8. The highest BCUT2D eigenvalue weighted by Gasteiger charge is 2.27. The zero-order chi connectivity index (χ0) is 16.4. The summed E-state index contributed by atoms with van der Waals surface area (Å²) >= 11 is 7.12. The minimum Gasteiger partial charge on any atom is -0.370 e. The van der Waals surface area contributed by atoms with E-state index in [-0.39, 0.29) is 12.0 Å². The number of benzene rings is 1. The molecule has 0 aliphatic carbocycles. The van der Waals surface area contributed by atoms with Crippen LogP contribution in [0.4, 0.5) is 0 Å². The lowest BCUT2D eigenvalue weighted by Gasteiger charge is -2.33. The third-order valence-corrected chi connectivity index (χ3v) is 4.86. The van der Waals surface area contributed by atoms with Gasteiger partial charge < -0.3 is 15.4 Å². The topological polar surface area (TPSA) is 72.6 Å². The molecule has 2 N–H and O–H groups in total. The van der Waals surface area contributed by atoms with E-state index < -0.39 is 5.91 Å². The van der Waals surface area contributed by atoms with Crippen LogP contribution in [-0.4, -0.2) is 36.4 Å². The molecule has 1 aliphatic rings. The van der Waals surface area contributed by atoms with Crippen molar-refractivity contribution < 1.29 is 14.3 Å². The maximum atomic E-state index is 12.6. The van der Waals surface area contributed by atoms with Gasteiger partial charge in [0.25, 0.3) is 5.91 Å². The van der Waals surface area contributed by atoms with Gasteiger partial charge in [0.1, 0.15) is 6.10 Å². The number of carbonyl (C=O) groups excluding carboxylic acids is 2. The summed E-state index contributed by atoms with van der Waals surface area (Å²) in [6, 6.07) is 8.95. The first-order valence-electron chi connectivity index (χ1n) is 7.09. The summed E-state index contributed by atoms with van der Waals surface area (Å²) in [4.78, 5) is 26.0. The van der Waals surface area contributed by atoms with E-state index in [9.17, 15) is 9.59 Å². The number of halogens is 1. The maximum absolute atomic E-state index is 12.6. The number of rotatable bonds is 3. The summed E-state index contributed by atoms with van der Waals surface area (Å²) in [7, 11) is 0. The van der Waals surface area contributed by atoms with Gasteiger partial charge in [0.2, 0.25) is 5.91 Å². The summed E-state index contributed by atoms with van der Waals surface area (Å²) in [5, 5.41) is 2.27. The number of hydrogen-bond acceptors (Lipinski definition) is 4. The van der Waals surface area contributed by atoms with Gasteiger partial charge in [-0.1, -0.05) is 23.7 Å². The number of carbonyl (C=O) groups is 2. The van der Waals surface area contributed by atoms with E-state index >= 15 is 0 Å². The number of nitrogens with two attached hydrogens (primary N) is 1. The standard InChI is InChI=1S/C16H15ClN2O3S/c17-12-3-1-10(2-4-12)13-8-19(5-6-22-13)16(21)14-7-11(9-23-14)15(18)20/h1-4,7,9,13H,5-6,8H2,(H2,18,20). The fourth-order valence-electron chi connectivity index (χ4n) is 2.45. The third kappa shape index (κ3) is 3.55. The monoisotopic (exact) mass is 350 g/mol. The summed E-state index contributed by atoms with van der Waals surface area (Å²) < 4.78 is 5.76. The van der Waals surface area contributed by atoms with E-state index in [0.29, 0.717) is 35.2 Å². The van der Waals surface area contributed by atoms with Crippen molar-refractivity contribution in [1.29, 1.82) is 0 Å². The van der Waals surface area contributed by atoms with E-state index in [1.165, 1.54) is 11.3 Å². The van der Waals surface area contributed by atoms with E-state index in [1.54, 1.807) is 28.5 Å². The number of thiophene rings is 1. The van der Waals surface area contributed by atoms with Crippen LogP contribution in [0.1, 0.15) is 31.7 Å². The lowest BCUT2D eigenvalue weighted by molar-refractivity contribution is -0.0226. The molecule has 1 aromatic carbocycles. The Morgan fingerprint density at radius 1 is 1.30 bits per heavy atom. The van der Waals surface area contributed by atoms with Gasteiger partial charge in [-0.3, -0.25) is 9.59 Å². The third-order valence-electron chi connectivity index (χ3n) is 3.69. The Bertz CT molecular complexity index is 729. The fraction of sp³-hybridized carbons (Fsp3) is 0.250. The normalized spacial score (nSPS) is 18.0. The molecule has 2 heterocycles. The molecule has 0 saturated carbocycles. The predicted molar refractivity (Wildman–Crippen MR) is 88.9 cm³/mol. The van der Waals surface area contributed by atoms with Crippen LogP contribution in [0.2, 0.25) is 5.02 Å². The molecule has 0 bridgehead atoms. The van der Waals surface area contributed by atoms with Crippen LogP contribution in [0.15, 0.2) is 35.7 Å². The quantitative estimate of drug-likeness (QED) is 0.925. The van der Waals surface area contributed by atoms with Crippen LogP contribution in [0.5, 0.6) is 0 Å². The van der Waals surface area contributed by atoms with Crippen molar-refractivity contribution in [1.82, 2.24) is 4.90 Å². The van der Waals surface area contributed by atoms with Crippen LogP contribution in [0, 0.1) is 0 Å². The van der Waals surface area contributed by atoms with Gasteiger partial charge in [-0.15, -0.1) is 11.3 Å². The second-order valence-corrected chi connectivity index (χ2v) is 6.57. The summed E-state index contributed by atoms with van der Waals surface area (Å²) in [5.74, 6) is -0.633. The molecule has 23 heavy (non-hydrogen) atoms. The van der Waals surface area contributed by atoms with Gasteiger partial charge in [-0.2, -0.15) is 0 Å². The average Bonchev–Trinajstić information content (AvgIpc) is 3.05. The van der Waals surface area contributed by atoms with Crippen LogP contribution >= 0.6 is 22.9 Å². The zero-order valence-electron chi connectivity index (χ0n) is 12.2. The molecule has 120 valence electrons. The van der Waals surface area contributed by atoms with E-state index in [4.69, 9.17) is 22.1 Å². The number of ether oxygens (including phenoxy) is 1. The molecule has 2 aromatic rings. The summed E-state index contributed by atoms with van der Waals surface area (Å²) in [6.45, 7) is 1.45. The minimum absolute atomic E-state index is 0.107. The van der Waals surface area contributed by atoms with Gasteiger partial charge in [-0.05, 0) is 23.8 Å². The number of primary amides is 1. The Labute approximate surface area is 142 Å². The largest absolute Gasteiger partial charge is 0.370 e. The number of hydrogen-bond donors (Lipinski definition) is 1. The highest BCUT2D eigenvalue weighted by molar-refractivity contribution is 7.12. The summed E-state index contributed by atoms with van der Waals surface area (Å²) in [5.41, 5.74) is 6.57. The SMILES string of the molecule is NC(=O)c1csc(C(=O)N2CCOC(c3ccc(Cl)cc3)C2)c1. The molecule has 1 unspecified atom stereocenters. The van der Waals surface area contributed by atoms with Crippen LogP contribution < -0.4 is 5.73 Å². The fourth-order valence-corrected chi connectivity index (χ4v) is 3.44. The van der Waals surface area contributed by atoms with Gasteiger partial charge in [0.15, 0.2) is 0 Å². The van der Waals surface area contributed by atoms with E-state index in [2.05, 4.69) is 0 Å². The molecule has 5 nitrogen and oxygen atoms in total. The summed E-state index contributed by atoms with van der Waals surface area (Å²) in [6.07, 6.45) is -0.180. The maximum Gasteiger partial charge on any atom is 0.264 e. The number of morpholine rings is 1. The molecule has 3 rings (SSSR count). The van der Waals surface area contributed by atoms with E-state index in [1.807, 2.05) is 12.1 Å². The van der Waals surface area contributed by atoms with Crippen molar-refractivity contribution in [2.75, 3.05) is 19.7 Å². The minimum atomic E-state index is -0.527. The molecule has 7 heteroatoms. The average molecular weight is 351 g/mol. The second-order valence-electron chi connectivity index (χ2n) is 5.23. The number of nitrogens with zero attached hydrogens (tertiary/aromatic N) is 1. The van der Waals surface area contributed by atoms with Crippen molar-refractivity contribution in [3.63, 3.8) is 0 Å². The molecule has 2 amide bonds. The first kappa shape index (κ1) is 16.0. The highest BCUT2D eigenvalue weighted by Crippen LogP contribution is 2.25. The van der Waals surface area contributed by atoms with Crippen LogP contribution in [0.3, 0.4) is 0 Å². The highest BCUT2D eigenvalue weighted by atomic mass is 35.5. The van der Waals surface area contributed by atoms with Crippen molar-refractivity contribution >= 4 is 34.8 Å². The Morgan fingerprint density at radius 2 is 2.04 bits per heavy atom. The Morgan fingerprint density at radius 3 is 2.70 bits per heavy atom.